The maximum Gasteiger partial charge on any atom is 0.224 e. The quantitative estimate of drug-likeness (QED) is 0.661. The molecule has 5 nitrogen and oxygen atoms in total. The number of carbonyl (C=O) groups excluding carboxylic acids is 1. The number of fused-ring (bicyclic) bond motifs is 1. The third kappa shape index (κ3) is 3.85. The van der Waals surface area contributed by atoms with E-state index >= 15 is 0 Å². The van der Waals surface area contributed by atoms with Crippen molar-refractivity contribution in [1.82, 2.24) is 4.98 Å². The maximum atomic E-state index is 13.1. The van der Waals surface area contributed by atoms with Crippen LogP contribution in [0.3, 0.4) is 0 Å². The van der Waals surface area contributed by atoms with Gasteiger partial charge in [-0.3, -0.25) is 4.79 Å². The third-order valence-electron chi connectivity index (χ3n) is 7.30. The fourth-order valence-corrected chi connectivity index (χ4v) is 6.69. The molecule has 0 aliphatic heterocycles. The van der Waals surface area contributed by atoms with Crippen molar-refractivity contribution >= 4 is 28.3 Å². The molecule has 4 bridgehead atoms. The van der Waals surface area contributed by atoms with Crippen LogP contribution in [0.2, 0.25) is 0 Å². The Kier molecular flexibility index (Phi) is 4.94. The number of carbonyl (C=O) groups is 1. The molecule has 154 valence electrons. The number of hydrogen-bond donors (Lipinski definition) is 2. The van der Waals surface area contributed by atoms with Crippen LogP contribution in [0.1, 0.15) is 44.9 Å². The molecule has 0 unspecified atom stereocenters. The van der Waals surface area contributed by atoms with E-state index in [-0.39, 0.29) is 11.3 Å². The van der Waals surface area contributed by atoms with Crippen molar-refractivity contribution in [3.8, 4) is 0 Å². The van der Waals surface area contributed by atoms with Gasteiger partial charge in [-0.1, -0.05) is 18.2 Å². The first-order valence-corrected chi connectivity index (χ1v) is 11.0. The summed E-state index contributed by atoms with van der Waals surface area (Å²) in [5, 5.41) is 7.52. The molecule has 0 spiro atoms. The minimum Gasteiger partial charge on any atom is -0.383 e. The van der Waals surface area contributed by atoms with Gasteiger partial charge in [0.05, 0.1) is 17.8 Å². The number of amides is 1. The molecule has 6 rings (SSSR count). The highest BCUT2D eigenvalue weighted by atomic mass is 16.5. The summed E-state index contributed by atoms with van der Waals surface area (Å²) in [4.78, 5) is 17.8. The number of para-hydroxylation sites is 1. The normalized spacial score (nSPS) is 29.9. The third-order valence-corrected chi connectivity index (χ3v) is 7.30. The predicted molar refractivity (Wildman–Crippen MR) is 116 cm³/mol. The number of aromatic nitrogens is 1. The van der Waals surface area contributed by atoms with Crippen LogP contribution in [0.25, 0.3) is 10.9 Å². The first-order chi connectivity index (χ1) is 14.1. The van der Waals surface area contributed by atoms with Crippen LogP contribution in [-0.2, 0) is 9.53 Å². The molecule has 1 heterocycles. The van der Waals surface area contributed by atoms with Gasteiger partial charge in [-0.15, -0.1) is 0 Å². The highest BCUT2D eigenvalue weighted by Gasteiger charge is 2.51. The molecule has 2 N–H and O–H groups in total. The van der Waals surface area contributed by atoms with Crippen molar-refractivity contribution in [1.29, 1.82) is 0 Å². The van der Waals surface area contributed by atoms with Crippen LogP contribution < -0.4 is 10.6 Å². The molecule has 5 heteroatoms. The summed E-state index contributed by atoms with van der Waals surface area (Å²) >= 11 is 0. The highest BCUT2D eigenvalue weighted by Crippen LogP contribution is 2.61. The maximum absolute atomic E-state index is 13.1. The Labute approximate surface area is 172 Å². The fourth-order valence-electron chi connectivity index (χ4n) is 6.69. The van der Waals surface area contributed by atoms with E-state index in [1.54, 1.807) is 7.11 Å². The van der Waals surface area contributed by atoms with E-state index in [4.69, 9.17) is 4.74 Å². The smallest absolute Gasteiger partial charge is 0.224 e. The van der Waals surface area contributed by atoms with E-state index in [0.29, 0.717) is 19.6 Å². The summed E-state index contributed by atoms with van der Waals surface area (Å²) in [5.41, 5.74) is 1.99. The summed E-state index contributed by atoms with van der Waals surface area (Å²) < 4.78 is 5.12. The number of methoxy groups -OCH3 is 1. The van der Waals surface area contributed by atoms with Gasteiger partial charge in [0.25, 0.3) is 0 Å². The zero-order chi connectivity index (χ0) is 19.8. The second-order valence-electron chi connectivity index (χ2n) is 9.63. The summed E-state index contributed by atoms with van der Waals surface area (Å²) in [6.45, 7) is 1.30. The van der Waals surface area contributed by atoms with E-state index in [1.807, 2.05) is 30.3 Å². The van der Waals surface area contributed by atoms with E-state index in [2.05, 4.69) is 15.6 Å². The molecule has 0 saturated heterocycles. The summed E-state index contributed by atoms with van der Waals surface area (Å²) in [7, 11) is 1.69. The zero-order valence-corrected chi connectivity index (χ0v) is 17.2. The number of nitrogens with zero attached hydrogens (tertiary/aromatic N) is 1. The second kappa shape index (κ2) is 7.60. The number of nitrogens with one attached hydrogen (secondary N) is 2. The van der Waals surface area contributed by atoms with Gasteiger partial charge in [-0.05, 0) is 67.8 Å². The number of ether oxygens (including phenoxy) is 1. The molecule has 4 saturated carbocycles. The Morgan fingerprint density at radius 1 is 1.14 bits per heavy atom. The van der Waals surface area contributed by atoms with Crippen LogP contribution in [0.5, 0.6) is 0 Å². The molecule has 2 aromatic rings. The predicted octanol–water partition coefficient (Wildman–Crippen LogP) is 4.84. The monoisotopic (exact) mass is 393 g/mol. The standard InChI is InChI=1S/C24H31N3O2/c1-29-7-6-25-22-11-21(19-4-2-3-5-20(19)26-22)27-23(28)15-24-12-16-8-17(13-24)10-18(9-16)14-24/h2-5,11,16-18H,6-10,12-15H2,1H3,(H2,25,26,27,28). The molecule has 4 aliphatic rings. The van der Waals surface area contributed by atoms with Crippen molar-refractivity contribution in [2.75, 3.05) is 30.9 Å². The largest absolute Gasteiger partial charge is 0.383 e. The lowest BCUT2D eigenvalue weighted by Gasteiger charge is -2.56. The second-order valence-corrected chi connectivity index (χ2v) is 9.63. The van der Waals surface area contributed by atoms with Crippen LogP contribution in [0.15, 0.2) is 30.3 Å². The number of benzene rings is 1. The lowest BCUT2D eigenvalue weighted by atomic mass is 9.49. The Balaban J connectivity index is 1.34. The van der Waals surface area contributed by atoms with Gasteiger partial charge in [-0.25, -0.2) is 4.98 Å². The Morgan fingerprint density at radius 3 is 2.52 bits per heavy atom. The van der Waals surface area contributed by atoms with Gasteiger partial charge < -0.3 is 15.4 Å². The molecule has 4 aliphatic carbocycles. The van der Waals surface area contributed by atoms with E-state index < -0.39 is 0 Å². The van der Waals surface area contributed by atoms with Crippen molar-refractivity contribution in [2.24, 2.45) is 23.2 Å². The Morgan fingerprint density at radius 2 is 1.83 bits per heavy atom. The highest BCUT2D eigenvalue weighted by molar-refractivity contribution is 6.02. The van der Waals surface area contributed by atoms with Gasteiger partial charge in [0.15, 0.2) is 0 Å². The van der Waals surface area contributed by atoms with Crippen molar-refractivity contribution in [2.45, 2.75) is 44.9 Å². The van der Waals surface area contributed by atoms with Crippen molar-refractivity contribution < 1.29 is 9.53 Å². The average Bonchev–Trinajstić information content (AvgIpc) is 2.66. The molecular weight excluding hydrogens is 362 g/mol. The Bertz CT molecular complexity index is 875. The molecule has 29 heavy (non-hydrogen) atoms. The van der Waals surface area contributed by atoms with Crippen LogP contribution in [0.4, 0.5) is 11.5 Å². The number of anilines is 2. The zero-order valence-electron chi connectivity index (χ0n) is 17.2. The first-order valence-electron chi connectivity index (χ1n) is 11.0. The molecule has 1 amide bonds. The first kappa shape index (κ1) is 18.9. The molecular formula is C24H31N3O2. The number of rotatable bonds is 7. The summed E-state index contributed by atoms with van der Waals surface area (Å²) in [5.74, 6) is 3.53. The van der Waals surface area contributed by atoms with Crippen molar-refractivity contribution in [3.63, 3.8) is 0 Å². The fraction of sp³-hybridized carbons (Fsp3) is 0.583. The van der Waals surface area contributed by atoms with Gasteiger partial charge in [0, 0.05) is 31.5 Å². The lowest BCUT2D eigenvalue weighted by molar-refractivity contribution is -0.124. The molecule has 0 atom stereocenters. The lowest BCUT2D eigenvalue weighted by Crippen LogP contribution is -2.47. The van der Waals surface area contributed by atoms with E-state index in [0.717, 1.165) is 40.2 Å². The van der Waals surface area contributed by atoms with E-state index in [9.17, 15) is 4.79 Å². The van der Waals surface area contributed by atoms with Crippen molar-refractivity contribution in [3.05, 3.63) is 30.3 Å². The topological polar surface area (TPSA) is 63.2 Å². The minimum atomic E-state index is 0.158. The van der Waals surface area contributed by atoms with Crippen LogP contribution >= 0.6 is 0 Å². The number of hydrogen-bond acceptors (Lipinski definition) is 4. The molecule has 1 aromatic carbocycles. The van der Waals surface area contributed by atoms with Crippen LogP contribution in [0, 0.1) is 23.2 Å². The summed E-state index contributed by atoms with van der Waals surface area (Å²) in [6.07, 6.45) is 8.67. The minimum absolute atomic E-state index is 0.158. The molecule has 4 fully saturated rings. The van der Waals surface area contributed by atoms with E-state index in [1.165, 1.54) is 38.5 Å². The SMILES string of the molecule is COCCNc1cc(NC(=O)CC23CC4CC(CC(C4)C2)C3)c2ccccc2n1. The Hall–Kier alpha value is -2.14. The van der Waals surface area contributed by atoms with Gasteiger partial charge in [0.2, 0.25) is 5.91 Å². The number of pyridine rings is 1. The molecule has 1 aromatic heterocycles. The van der Waals surface area contributed by atoms with Gasteiger partial charge in [0.1, 0.15) is 5.82 Å². The average molecular weight is 394 g/mol. The van der Waals surface area contributed by atoms with Gasteiger partial charge >= 0.3 is 0 Å². The van der Waals surface area contributed by atoms with Gasteiger partial charge in [-0.2, -0.15) is 0 Å². The molecule has 0 radical (unpaired) electrons. The summed E-state index contributed by atoms with van der Waals surface area (Å²) in [6, 6.07) is 9.95. The van der Waals surface area contributed by atoms with Crippen LogP contribution in [-0.4, -0.2) is 31.2 Å².